The highest BCUT2D eigenvalue weighted by Crippen LogP contribution is 2.44. The average Bonchev–Trinajstić information content (AvgIpc) is 2.85. The smallest absolute Gasteiger partial charge is 0.218 e. The Balaban J connectivity index is 2.23. The number of quaternary nitrogens is 1. The van der Waals surface area contributed by atoms with Gasteiger partial charge in [0.05, 0.1) is 0 Å². The molecule has 0 radical (unpaired) electrons. The van der Waals surface area contributed by atoms with Gasteiger partial charge in [0.25, 0.3) is 5.82 Å². The van der Waals surface area contributed by atoms with Crippen LogP contribution in [0.15, 0.2) is 47.0 Å². The Morgan fingerprint density at radius 3 is 2.74 bits per heavy atom. The summed E-state index contributed by atoms with van der Waals surface area (Å²) in [5, 5.41) is 9.74. The summed E-state index contributed by atoms with van der Waals surface area (Å²) in [6.45, 7) is 1.30. The van der Waals surface area contributed by atoms with Crippen LogP contribution in [0.1, 0.15) is 5.56 Å². The molecule has 1 aromatic carbocycles. The first-order chi connectivity index (χ1) is 10.8. The topological polar surface area (TPSA) is 39.4 Å². The second-order valence-electron chi connectivity index (χ2n) is 5.24. The summed E-state index contributed by atoms with van der Waals surface area (Å²) in [6, 6.07) is 6.63. The summed E-state index contributed by atoms with van der Waals surface area (Å²) in [4.78, 5) is 4.18. The molecule has 4 nitrogen and oxygen atoms in total. The molecule has 2 aliphatic heterocycles. The Hall–Kier alpha value is -2.30. The molecule has 2 heterocycles. The molecule has 0 amide bonds. The minimum Gasteiger partial charge on any atom is -0.218 e. The van der Waals surface area contributed by atoms with E-state index in [9.17, 15) is 18.4 Å². The Labute approximate surface area is 135 Å². The van der Waals surface area contributed by atoms with Gasteiger partial charge in [-0.15, -0.1) is 13.2 Å². The number of nitrogens with zero attached hydrogens (tertiary/aromatic N) is 4. The largest absolute Gasteiger partial charge is 0.490 e. The highest BCUT2D eigenvalue weighted by atomic mass is 35.5. The second kappa shape index (κ2) is 5.11. The fourth-order valence-electron chi connectivity index (χ4n) is 2.74. The van der Waals surface area contributed by atoms with Gasteiger partial charge in [0.15, 0.2) is 6.67 Å². The van der Waals surface area contributed by atoms with E-state index in [2.05, 4.69) is 4.99 Å². The van der Waals surface area contributed by atoms with Crippen LogP contribution in [-0.4, -0.2) is 24.1 Å². The van der Waals surface area contributed by atoms with E-state index in [4.69, 9.17) is 11.6 Å². The van der Waals surface area contributed by atoms with Crippen molar-refractivity contribution in [1.29, 1.82) is 5.26 Å². The zero-order chi connectivity index (χ0) is 16.8. The van der Waals surface area contributed by atoms with Gasteiger partial charge >= 0.3 is 6.30 Å². The van der Waals surface area contributed by atoms with Gasteiger partial charge in [0, 0.05) is 29.4 Å². The summed E-state index contributed by atoms with van der Waals surface area (Å²) in [5.41, 5.74) is 0.808. The number of rotatable bonds is 1. The summed E-state index contributed by atoms with van der Waals surface area (Å²) in [7, 11) is 0. The van der Waals surface area contributed by atoms with Crippen molar-refractivity contribution in [2.45, 2.75) is 13.2 Å². The van der Waals surface area contributed by atoms with Gasteiger partial charge in [-0.25, -0.2) is 9.89 Å². The Kier molecular flexibility index (Phi) is 3.47. The molecule has 1 unspecified atom stereocenters. The van der Waals surface area contributed by atoms with Crippen molar-refractivity contribution in [3.8, 4) is 6.07 Å². The lowest BCUT2D eigenvalue weighted by Crippen LogP contribution is -2.47. The normalized spacial score (nSPS) is 23.2. The number of fused-ring (bicyclic) bond motifs is 1. The predicted molar refractivity (Wildman–Crippen MR) is 81.0 cm³/mol. The van der Waals surface area contributed by atoms with Gasteiger partial charge in [-0.3, -0.25) is 0 Å². The van der Waals surface area contributed by atoms with Crippen LogP contribution < -0.4 is 4.48 Å². The van der Waals surface area contributed by atoms with Gasteiger partial charge in [0.1, 0.15) is 18.0 Å². The molecule has 118 valence electrons. The zero-order valence-electron chi connectivity index (χ0n) is 12.0. The maximum atomic E-state index is 13.3. The standard InChI is InChI=1S/C15H11ClF3N4/c1-10-7-11(3-4-12(10)16)23-6-2-5-21-14(23)13(8-20)22(9-23)15(17,18)19/h2-7H,9H2,1H3/q+1. The number of halogens is 4. The summed E-state index contributed by atoms with van der Waals surface area (Å²) in [5.74, 6) is 0.0500. The number of nitriles is 1. The molecule has 3 rings (SSSR count). The lowest BCUT2D eigenvalue weighted by Gasteiger charge is -2.32. The van der Waals surface area contributed by atoms with Gasteiger partial charge in [0.2, 0.25) is 5.70 Å². The molecule has 0 saturated carbocycles. The van der Waals surface area contributed by atoms with E-state index in [1.165, 1.54) is 6.21 Å². The van der Waals surface area contributed by atoms with Crippen molar-refractivity contribution < 1.29 is 13.2 Å². The van der Waals surface area contributed by atoms with Gasteiger partial charge < -0.3 is 0 Å². The lowest BCUT2D eigenvalue weighted by atomic mass is 10.1. The second-order valence-corrected chi connectivity index (χ2v) is 5.65. The molecule has 0 bridgehead atoms. The van der Waals surface area contributed by atoms with Gasteiger partial charge in [-0.2, -0.15) is 9.74 Å². The fraction of sp³-hybridized carbons (Fsp3) is 0.200. The molecule has 23 heavy (non-hydrogen) atoms. The van der Waals surface area contributed by atoms with Crippen molar-refractivity contribution in [1.82, 2.24) is 9.38 Å². The molecule has 8 heteroatoms. The SMILES string of the molecule is Cc1cc([N+]23C=CC=NC2=C(C#N)N(C(F)(F)F)C3)ccc1Cl. The molecule has 1 atom stereocenters. The molecular formula is C15H11ClF3N4+. The van der Waals surface area contributed by atoms with Crippen LogP contribution in [0.2, 0.25) is 5.02 Å². The van der Waals surface area contributed by atoms with Crippen LogP contribution in [0.5, 0.6) is 0 Å². The van der Waals surface area contributed by atoms with Crippen LogP contribution in [0.4, 0.5) is 18.9 Å². The number of allylic oxidation sites excluding steroid dienone is 2. The first-order valence-electron chi connectivity index (χ1n) is 6.65. The number of aryl methyl sites for hydroxylation is 1. The minimum atomic E-state index is -4.66. The highest BCUT2D eigenvalue weighted by molar-refractivity contribution is 6.31. The van der Waals surface area contributed by atoms with Crippen LogP contribution in [0, 0.1) is 18.3 Å². The molecule has 0 aliphatic carbocycles. The first-order valence-corrected chi connectivity index (χ1v) is 7.03. The number of aliphatic imine (C=N–C) groups is 1. The quantitative estimate of drug-likeness (QED) is 0.572. The minimum absolute atomic E-state index is 0.0500. The lowest BCUT2D eigenvalue weighted by molar-refractivity contribution is -0.231. The van der Waals surface area contributed by atoms with Crippen LogP contribution in [0.3, 0.4) is 0 Å². The van der Waals surface area contributed by atoms with Gasteiger partial charge in [-0.05, 0) is 18.6 Å². The van der Waals surface area contributed by atoms with E-state index < -0.39 is 18.7 Å². The summed E-state index contributed by atoms with van der Waals surface area (Å²) < 4.78 is 39.6. The van der Waals surface area contributed by atoms with Crippen molar-refractivity contribution in [3.05, 3.63) is 52.6 Å². The number of hydrogen-bond donors (Lipinski definition) is 0. The molecule has 0 spiro atoms. The summed E-state index contributed by atoms with van der Waals surface area (Å²) in [6.07, 6.45) is -0.117. The van der Waals surface area contributed by atoms with E-state index in [0.717, 1.165) is 5.56 Å². The third kappa shape index (κ3) is 2.31. The Bertz CT molecular complexity index is 804. The Morgan fingerprint density at radius 2 is 2.13 bits per heavy atom. The molecule has 1 aromatic rings. The molecule has 0 N–H and O–H groups in total. The van der Waals surface area contributed by atoms with Crippen LogP contribution in [-0.2, 0) is 0 Å². The molecule has 0 fully saturated rings. The number of benzene rings is 1. The van der Waals surface area contributed by atoms with E-state index >= 15 is 0 Å². The van der Waals surface area contributed by atoms with Crippen LogP contribution >= 0.6 is 11.6 Å². The molecule has 0 aromatic heterocycles. The van der Waals surface area contributed by atoms with Crippen molar-refractivity contribution in [2.75, 3.05) is 6.67 Å². The maximum Gasteiger partial charge on any atom is 0.490 e. The zero-order valence-corrected chi connectivity index (χ0v) is 12.7. The Morgan fingerprint density at radius 1 is 1.39 bits per heavy atom. The fourth-order valence-corrected chi connectivity index (χ4v) is 2.85. The van der Waals surface area contributed by atoms with Gasteiger partial charge in [-0.1, -0.05) is 11.6 Å². The highest BCUT2D eigenvalue weighted by Gasteiger charge is 2.55. The molecular weight excluding hydrogens is 329 g/mol. The molecule has 0 saturated heterocycles. The third-order valence-electron chi connectivity index (χ3n) is 3.86. The van der Waals surface area contributed by atoms with Crippen molar-refractivity contribution >= 4 is 23.5 Å². The monoisotopic (exact) mass is 339 g/mol. The van der Waals surface area contributed by atoms with E-state index in [0.29, 0.717) is 10.7 Å². The maximum absolute atomic E-state index is 13.3. The molecule has 2 aliphatic rings. The first kappa shape index (κ1) is 15.6. The predicted octanol–water partition coefficient (Wildman–Crippen LogP) is 4.04. The third-order valence-corrected chi connectivity index (χ3v) is 4.29. The summed E-state index contributed by atoms with van der Waals surface area (Å²) >= 11 is 6.01. The van der Waals surface area contributed by atoms with E-state index in [1.807, 2.05) is 0 Å². The van der Waals surface area contributed by atoms with Crippen molar-refractivity contribution in [3.63, 3.8) is 0 Å². The number of alkyl halides is 3. The average molecular weight is 340 g/mol. The number of hydrogen-bond acceptors (Lipinski definition) is 3. The van der Waals surface area contributed by atoms with E-state index in [1.54, 1.807) is 43.5 Å². The van der Waals surface area contributed by atoms with E-state index in [-0.39, 0.29) is 15.2 Å². The van der Waals surface area contributed by atoms with Crippen LogP contribution in [0.25, 0.3) is 0 Å². The van der Waals surface area contributed by atoms with Crippen molar-refractivity contribution in [2.24, 2.45) is 4.99 Å².